The second-order valence-electron chi connectivity index (χ2n) is 5.08. The number of rotatable bonds is 2. The predicted molar refractivity (Wildman–Crippen MR) is 64.8 cm³/mol. The van der Waals surface area contributed by atoms with Crippen molar-refractivity contribution in [3.8, 4) is 0 Å². The minimum Gasteiger partial charge on any atom is -0.351 e. The first-order valence-corrected chi connectivity index (χ1v) is 6.30. The van der Waals surface area contributed by atoms with Gasteiger partial charge >= 0.3 is 0 Å². The Morgan fingerprint density at radius 1 is 1.47 bits per heavy atom. The topological polar surface area (TPSA) is 46.3 Å². The van der Waals surface area contributed by atoms with Crippen molar-refractivity contribution < 1.29 is 9.32 Å². The van der Waals surface area contributed by atoms with Crippen LogP contribution in [0, 0.1) is 12.8 Å². The second kappa shape index (κ2) is 4.90. The van der Waals surface area contributed by atoms with Gasteiger partial charge in [-0.1, -0.05) is 24.9 Å². The van der Waals surface area contributed by atoms with Gasteiger partial charge in [-0.15, -0.1) is 0 Å². The number of hydrogen-bond donors (Lipinski definition) is 0. The molecule has 2 atom stereocenters. The van der Waals surface area contributed by atoms with Crippen LogP contribution in [0.4, 0.5) is 0 Å². The molecular formula is C13H20N2O2. The molecule has 1 heterocycles. The Hall–Kier alpha value is -1.32. The average molecular weight is 236 g/mol. The van der Waals surface area contributed by atoms with Crippen LogP contribution in [-0.2, 0) is 0 Å². The fourth-order valence-corrected chi connectivity index (χ4v) is 2.66. The Labute approximate surface area is 102 Å². The van der Waals surface area contributed by atoms with Crippen molar-refractivity contribution >= 4 is 5.91 Å². The molecule has 0 aliphatic heterocycles. The van der Waals surface area contributed by atoms with E-state index in [1.165, 1.54) is 19.3 Å². The molecule has 0 radical (unpaired) electrons. The number of carbonyl (C=O) groups excluding carboxylic acids is 1. The van der Waals surface area contributed by atoms with Crippen LogP contribution in [0.2, 0.25) is 0 Å². The summed E-state index contributed by atoms with van der Waals surface area (Å²) in [6.07, 6.45) is 4.79. The summed E-state index contributed by atoms with van der Waals surface area (Å²) in [5.74, 6) is 0.869. The van der Waals surface area contributed by atoms with Crippen LogP contribution in [0.3, 0.4) is 0 Å². The SMILES string of the molecule is Cc1cc(C(=O)N(C)[C@@H]2CCCC[C@@H]2C)on1. The van der Waals surface area contributed by atoms with E-state index in [0.717, 1.165) is 12.1 Å². The molecule has 1 saturated carbocycles. The number of carbonyl (C=O) groups is 1. The highest BCUT2D eigenvalue weighted by Crippen LogP contribution is 2.28. The highest BCUT2D eigenvalue weighted by atomic mass is 16.5. The Kier molecular flexibility index (Phi) is 3.50. The molecule has 0 saturated heterocycles. The summed E-state index contributed by atoms with van der Waals surface area (Å²) in [4.78, 5) is 14.0. The number of nitrogens with zero attached hydrogens (tertiary/aromatic N) is 2. The monoisotopic (exact) mass is 236 g/mol. The van der Waals surface area contributed by atoms with Crippen molar-refractivity contribution in [3.05, 3.63) is 17.5 Å². The van der Waals surface area contributed by atoms with Gasteiger partial charge in [0.25, 0.3) is 5.91 Å². The molecule has 17 heavy (non-hydrogen) atoms. The van der Waals surface area contributed by atoms with Gasteiger partial charge in [-0.2, -0.15) is 0 Å². The summed E-state index contributed by atoms with van der Waals surface area (Å²) in [6.45, 7) is 4.04. The minimum atomic E-state index is -0.0515. The van der Waals surface area contributed by atoms with Gasteiger partial charge in [0.05, 0.1) is 5.69 Å². The van der Waals surface area contributed by atoms with E-state index >= 15 is 0 Å². The lowest BCUT2D eigenvalue weighted by Crippen LogP contribution is -2.42. The first kappa shape index (κ1) is 12.1. The zero-order chi connectivity index (χ0) is 12.4. The van der Waals surface area contributed by atoms with Crippen molar-refractivity contribution in [2.24, 2.45) is 5.92 Å². The van der Waals surface area contributed by atoms with Crippen LogP contribution in [-0.4, -0.2) is 29.1 Å². The largest absolute Gasteiger partial charge is 0.351 e. The normalized spacial score (nSPS) is 24.6. The van der Waals surface area contributed by atoms with E-state index in [9.17, 15) is 4.79 Å². The van der Waals surface area contributed by atoms with E-state index in [4.69, 9.17) is 4.52 Å². The minimum absolute atomic E-state index is 0.0515. The fourth-order valence-electron chi connectivity index (χ4n) is 2.66. The van der Waals surface area contributed by atoms with E-state index in [0.29, 0.717) is 17.7 Å². The average Bonchev–Trinajstić information content (AvgIpc) is 2.75. The predicted octanol–water partition coefficient (Wildman–Crippen LogP) is 2.63. The maximum atomic E-state index is 12.2. The molecule has 1 fully saturated rings. The quantitative estimate of drug-likeness (QED) is 0.793. The third-order valence-corrected chi connectivity index (χ3v) is 3.72. The van der Waals surface area contributed by atoms with Crippen LogP contribution >= 0.6 is 0 Å². The van der Waals surface area contributed by atoms with Gasteiger partial charge in [0.1, 0.15) is 0 Å². The molecule has 1 aromatic heterocycles. The summed E-state index contributed by atoms with van der Waals surface area (Å²) in [7, 11) is 1.87. The lowest BCUT2D eigenvalue weighted by atomic mass is 9.85. The van der Waals surface area contributed by atoms with Crippen molar-refractivity contribution in [2.45, 2.75) is 45.6 Å². The molecule has 1 amide bonds. The molecule has 0 N–H and O–H groups in total. The molecule has 2 rings (SSSR count). The van der Waals surface area contributed by atoms with Crippen LogP contribution in [0.25, 0.3) is 0 Å². The molecular weight excluding hydrogens is 216 g/mol. The molecule has 1 aromatic rings. The van der Waals surface area contributed by atoms with Crippen LogP contribution in [0.1, 0.15) is 48.9 Å². The first-order valence-electron chi connectivity index (χ1n) is 6.30. The molecule has 0 spiro atoms. The van der Waals surface area contributed by atoms with Gasteiger partial charge in [0, 0.05) is 19.2 Å². The van der Waals surface area contributed by atoms with Crippen molar-refractivity contribution in [1.29, 1.82) is 0 Å². The molecule has 4 heteroatoms. The summed E-state index contributed by atoms with van der Waals surface area (Å²) in [6, 6.07) is 2.04. The highest BCUT2D eigenvalue weighted by molar-refractivity contribution is 5.91. The molecule has 4 nitrogen and oxygen atoms in total. The number of aromatic nitrogens is 1. The first-order chi connectivity index (χ1) is 8.09. The molecule has 1 aliphatic rings. The molecule has 0 aromatic carbocycles. The Morgan fingerprint density at radius 3 is 2.76 bits per heavy atom. The van der Waals surface area contributed by atoms with Crippen LogP contribution in [0.15, 0.2) is 10.6 Å². The third-order valence-electron chi connectivity index (χ3n) is 3.72. The molecule has 0 unspecified atom stereocenters. The van der Waals surface area contributed by atoms with Crippen molar-refractivity contribution in [3.63, 3.8) is 0 Å². The number of aryl methyl sites for hydroxylation is 1. The van der Waals surface area contributed by atoms with Crippen molar-refractivity contribution in [2.75, 3.05) is 7.05 Å². The lowest BCUT2D eigenvalue weighted by Gasteiger charge is -2.35. The van der Waals surface area contributed by atoms with Crippen LogP contribution in [0.5, 0.6) is 0 Å². The van der Waals surface area contributed by atoms with E-state index in [1.807, 2.05) is 18.9 Å². The number of hydrogen-bond acceptors (Lipinski definition) is 3. The van der Waals surface area contributed by atoms with E-state index < -0.39 is 0 Å². The van der Waals surface area contributed by atoms with Gasteiger partial charge in [0.15, 0.2) is 0 Å². The smallest absolute Gasteiger partial charge is 0.292 e. The molecule has 94 valence electrons. The zero-order valence-electron chi connectivity index (χ0n) is 10.8. The summed E-state index contributed by atoms with van der Waals surface area (Å²) >= 11 is 0. The Balaban J connectivity index is 2.08. The molecule has 0 bridgehead atoms. The van der Waals surface area contributed by atoms with Gasteiger partial charge in [-0.05, 0) is 25.7 Å². The molecule has 1 aliphatic carbocycles. The van der Waals surface area contributed by atoms with E-state index in [-0.39, 0.29) is 5.91 Å². The van der Waals surface area contributed by atoms with Crippen molar-refractivity contribution in [1.82, 2.24) is 10.1 Å². The van der Waals surface area contributed by atoms with E-state index in [1.54, 1.807) is 6.07 Å². The summed E-state index contributed by atoms with van der Waals surface area (Å²) < 4.78 is 5.03. The Morgan fingerprint density at radius 2 is 2.18 bits per heavy atom. The zero-order valence-corrected chi connectivity index (χ0v) is 10.8. The number of amides is 1. The summed E-state index contributed by atoms with van der Waals surface area (Å²) in [5.41, 5.74) is 0.749. The van der Waals surface area contributed by atoms with Gasteiger partial charge in [0.2, 0.25) is 5.76 Å². The standard InChI is InChI=1S/C13H20N2O2/c1-9-6-4-5-7-11(9)15(3)13(16)12-8-10(2)14-17-12/h8-9,11H,4-7H2,1-3H3/t9-,11+/m0/s1. The Bertz CT molecular complexity index is 400. The second-order valence-corrected chi connectivity index (χ2v) is 5.08. The van der Waals surface area contributed by atoms with Gasteiger partial charge in [-0.25, -0.2) is 0 Å². The fraction of sp³-hybridized carbons (Fsp3) is 0.692. The lowest BCUT2D eigenvalue weighted by molar-refractivity contribution is 0.0588. The highest BCUT2D eigenvalue weighted by Gasteiger charge is 2.29. The maximum absolute atomic E-state index is 12.2. The summed E-state index contributed by atoms with van der Waals surface area (Å²) in [5, 5.41) is 3.76. The van der Waals surface area contributed by atoms with Gasteiger partial charge in [-0.3, -0.25) is 4.79 Å². The maximum Gasteiger partial charge on any atom is 0.292 e. The van der Waals surface area contributed by atoms with E-state index in [2.05, 4.69) is 12.1 Å². The third kappa shape index (κ3) is 2.51. The van der Waals surface area contributed by atoms with Gasteiger partial charge < -0.3 is 9.42 Å². The van der Waals surface area contributed by atoms with Crippen LogP contribution < -0.4 is 0 Å².